The molecular formula is C11H9N5O2. The highest BCUT2D eigenvalue weighted by Gasteiger charge is 2.06. The van der Waals surface area contributed by atoms with Crippen LogP contribution in [0.25, 0.3) is 16.7 Å². The van der Waals surface area contributed by atoms with E-state index in [0.717, 1.165) is 0 Å². The van der Waals surface area contributed by atoms with E-state index >= 15 is 0 Å². The van der Waals surface area contributed by atoms with Crippen LogP contribution >= 0.6 is 0 Å². The van der Waals surface area contributed by atoms with E-state index in [1.54, 1.807) is 35.4 Å². The van der Waals surface area contributed by atoms with Crippen molar-refractivity contribution in [2.75, 3.05) is 5.73 Å². The topological polar surface area (TPSA) is 110 Å². The fourth-order valence-electron chi connectivity index (χ4n) is 1.80. The Balaban J connectivity index is 2.37. The van der Waals surface area contributed by atoms with Gasteiger partial charge in [0.25, 0.3) is 0 Å². The maximum absolute atomic E-state index is 11.3. The molecule has 0 radical (unpaired) electrons. The minimum absolute atomic E-state index is 0.475. The quantitative estimate of drug-likeness (QED) is 0.412. The van der Waals surface area contributed by atoms with Crippen molar-refractivity contribution in [1.82, 2.24) is 19.5 Å². The molecule has 0 unspecified atom stereocenters. The van der Waals surface area contributed by atoms with E-state index in [2.05, 4.69) is 15.0 Å². The van der Waals surface area contributed by atoms with E-state index in [1.165, 1.54) is 0 Å². The van der Waals surface area contributed by atoms with Crippen molar-refractivity contribution < 1.29 is 0 Å². The lowest BCUT2D eigenvalue weighted by Crippen LogP contribution is -2.29. The maximum atomic E-state index is 11.3. The molecule has 0 bridgehead atoms. The van der Waals surface area contributed by atoms with E-state index in [1.807, 2.05) is 0 Å². The largest absolute Gasteiger partial charge is 0.397 e. The highest BCUT2D eigenvalue weighted by Crippen LogP contribution is 2.21. The first-order valence-corrected chi connectivity index (χ1v) is 5.19. The lowest BCUT2D eigenvalue weighted by atomic mass is 10.2. The van der Waals surface area contributed by atoms with Crippen LogP contribution in [0.4, 0.5) is 5.69 Å². The zero-order valence-corrected chi connectivity index (χ0v) is 9.18. The predicted octanol–water partition coefficient (Wildman–Crippen LogP) is -0.0157. The number of rotatable bonds is 1. The molecule has 2 heterocycles. The van der Waals surface area contributed by atoms with Crippen molar-refractivity contribution >= 4 is 16.7 Å². The van der Waals surface area contributed by atoms with Crippen LogP contribution in [0, 0.1) is 0 Å². The first-order chi connectivity index (χ1) is 8.65. The van der Waals surface area contributed by atoms with Gasteiger partial charge in [-0.2, -0.15) is 0 Å². The van der Waals surface area contributed by atoms with Crippen molar-refractivity contribution in [2.24, 2.45) is 0 Å². The van der Waals surface area contributed by atoms with Gasteiger partial charge in [0, 0.05) is 12.4 Å². The van der Waals surface area contributed by atoms with E-state index in [4.69, 9.17) is 5.73 Å². The number of nitrogen functional groups attached to an aromatic ring is 1. The summed E-state index contributed by atoms with van der Waals surface area (Å²) in [6, 6.07) is 3.28. The van der Waals surface area contributed by atoms with E-state index < -0.39 is 11.1 Å². The predicted molar refractivity (Wildman–Crippen MR) is 66.7 cm³/mol. The molecule has 7 heteroatoms. The Morgan fingerprint density at radius 1 is 1.11 bits per heavy atom. The zero-order valence-electron chi connectivity index (χ0n) is 9.18. The molecule has 0 aliphatic heterocycles. The summed E-state index contributed by atoms with van der Waals surface area (Å²) in [6.45, 7) is 0. The number of H-pyrrole nitrogens is 2. The monoisotopic (exact) mass is 243 g/mol. The molecule has 3 aromatic rings. The molecule has 1 aromatic carbocycles. The van der Waals surface area contributed by atoms with E-state index in [0.29, 0.717) is 22.4 Å². The maximum Gasteiger partial charge on any atom is 0.314 e. The summed E-state index contributed by atoms with van der Waals surface area (Å²) < 4.78 is 1.72. The summed E-state index contributed by atoms with van der Waals surface area (Å²) in [6.07, 6.45) is 4.96. The Bertz CT molecular complexity index is 829. The Labute approximate surface area is 99.9 Å². The lowest BCUT2D eigenvalue weighted by Gasteiger charge is -2.07. The Hall–Kier alpha value is -2.83. The van der Waals surface area contributed by atoms with Crippen molar-refractivity contribution in [1.29, 1.82) is 0 Å². The molecule has 0 fully saturated rings. The summed E-state index contributed by atoms with van der Waals surface area (Å²) in [7, 11) is 0. The first kappa shape index (κ1) is 10.3. The fourth-order valence-corrected chi connectivity index (χ4v) is 1.80. The summed E-state index contributed by atoms with van der Waals surface area (Å²) in [5, 5.41) is 0. The van der Waals surface area contributed by atoms with Gasteiger partial charge in [0.05, 0.1) is 28.7 Å². The zero-order chi connectivity index (χ0) is 12.7. The van der Waals surface area contributed by atoms with Crippen LogP contribution in [0.5, 0.6) is 0 Å². The van der Waals surface area contributed by atoms with Gasteiger partial charge in [0.1, 0.15) is 0 Å². The van der Waals surface area contributed by atoms with E-state index in [-0.39, 0.29) is 0 Å². The molecule has 0 saturated carbocycles. The average Bonchev–Trinajstić information content (AvgIpc) is 2.84. The van der Waals surface area contributed by atoms with Gasteiger partial charge in [0.15, 0.2) is 0 Å². The van der Waals surface area contributed by atoms with Crippen molar-refractivity contribution in [3.8, 4) is 5.69 Å². The number of hydrogen-bond acceptors (Lipinski definition) is 4. The van der Waals surface area contributed by atoms with Crippen LogP contribution in [0.15, 0.2) is 40.4 Å². The van der Waals surface area contributed by atoms with Gasteiger partial charge in [-0.3, -0.25) is 9.59 Å². The normalized spacial score (nSPS) is 10.9. The highest BCUT2D eigenvalue weighted by atomic mass is 16.2. The van der Waals surface area contributed by atoms with Crippen LogP contribution in [-0.4, -0.2) is 19.5 Å². The molecule has 3 rings (SSSR count). The third kappa shape index (κ3) is 1.49. The van der Waals surface area contributed by atoms with Gasteiger partial charge in [-0.25, -0.2) is 4.98 Å². The standard InChI is InChI=1S/C11H9N5O2/c12-6-3-7-8(15-11(18)10(17)14-7)4-9(6)16-2-1-13-5-16/h1-5H,12H2,(H,14,17)(H,15,18). The number of nitrogens with one attached hydrogen (secondary N) is 2. The van der Waals surface area contributed by atoms with Gasteiger partial charge in [-0.15, -0.1) is 0 Å². The van der Waals surface area contributed by atoms with Crippen molar-refractivity contribution in [2.45, 2.75) is 0 Å². The first-order valence-electron chi connectivity index (χ1n) is 5.19. The molecule has 0 aliphatic carbocycles. The van der Waals surface area contributed by atoms with Crippen molar-refractivity contribution in [3.63, 3.8) is 0 Å². The summed E-state index contributed by atoms with van der Waals surface area (Å²) in [5.41, 5.74) is 6.67. The van der Waals surface area contributed by atoms with Crippen LogP contribution in [0.3, 0.4) is 0 Å². The molecule has 90 valence electrons. The molecule has 0 aliphatic rings. The number of nitrogens with zero attached hydrogens (tertiary/aromatic N) is 2. The number of hydrogen-bond donors (Lipinski definition) is 3. The molecule has 0 atom stereocenters. The Morgan fingerprint density at radius 3 is 2.39 bits per heavy atom. The molecule has 4 N–H and O–H groups in total. The van der Waals surface area contributed by atoms with Crippen molar-refractivity contribution in [3.05, 3.63) is 51.6 Å². The van der Waals surface area contributed by atoms with Gasteiger partial charge < -0.3 is 20.3 Å². The number of benzene rings is 1. The smallest absolute Gasteiger partial charge is 0.314 e. The van der Waals surface area contributed by atoms with Crippen LogP contribution < -0.4 is 16.9 Å². The molecule has 0 spiro atoms. The van der Waals surface area contributed by atoms with E-state index in [9.17, 15) is 9.59 Å². The molecule has 0 amide bonds. The Kier molecular flexibility index (Phi) is 2.06. The fraction of sp³-hybridized carbons (Fsp3) is 0. The van der Waals surface area contributed by atoms with Gasteiger partial charge in [-0.05, 0) is 12.1 Å². The Morgan fingerprint density at radius 2 is 1.78 bits per heavy atom. The number of anilines is 1. The molecule has 18 heavy (non-hydrogen) atoms. The number of fused-ring (bicyclic) bond motifs is 1. The average molecular weight is 243 g/mol. The van der Waals surface area contributed by atoms with Crippen LogP contribution in [-0.2, 0) is 0 Å². The molecule has 7 nitrogen and oxygen atoms in total. The van der Waals surface area contributed by atoms with Gasteiger partial charge >= 0.3 is 11.1 Å². The SMILES string of the molecule is Nc1cc2[nH]c(=O)c(=O)[nH]c2cc1-n1ccnc1. The third-order valence-electron chi connectivity index (χ3n) is 2.65. The molecule has 2 aromatic heterocycles. The second-order valence-corrected chi connectivity index (χ2v) is 3.83. The molecular weight excluding hydrogens is 234 g/mol. The number of aromatic amines is 2. The van der Waals surface area contributed by atoms with Crippen LogP contribution in [0.1, 0.15) is 0 Å². The number of aromatic nitrogens is 4. The lowest BCUT2D eigenvalue weighted by molar-refractivity contribution is 1.06. The van der Waals surface area contributed by atoms with Gasteiger partial charge in [-0.1, -0.05) is 0 Å². The third-order valence-corrected chi connectivity index (χ3v) is 2.65. The summed E-state index contributed by atoms with van der Waals surface area (Å²) in [5.74, 6) is 0. The highest BCUT2D eigenvalue weighted by molar-refractivity contribution is 5.82. The number of nitrogens with two attached hydrogens (primary N) is 1. The summed E-state index contributed by atoms with van der Waals surface area (Å²) in [4.78, 5) is 31.4. The minimum atomic E-state index is -0.697. The second kappa shape index (κ2) is 3.59. The second-order valence-electron chi connectivity index (χ2n) is 3.83. The van der Waals surface area contributed by atoms with Gasteiger partial charge in [0.2, 0.25) is 0 Å². The minimum Gasteiger partial charge on any atom is -0.397 e. The number of imidazole rings is 1. The molecule has 0 saturated heterocycles. The van der Waals surface area contributed by atoms with Crippen LogP contribution in [0.2, 0.25) is 0 Å². The summed E-state index contributed by atoms with van der Waals surface area (Å²) >= 11 is 0.